The second kappa shape index (κ2) is 4.56. The fourth-order valence-electron chi connectivity index (χ4n) is 0.662. The molecule has 0 nitrogen and oxygen atoms in total. The maximum atomic E-state index is 4.22. The highest BCUT2D eigenvalue weighted by Gasteiger charge is 2.02. The van der Waals surface area contributed by atoms with Gasteiger partial charge < -0.3 is 0 Å². The van der Waals surface area contributed by atoms with E-state index in [0.717, 1.165) is 17.8 Å². The van der Waals surface area contributed by atoms with Crippen molar-refractivity contribution in [2.24, 2.45) is 0 Å². The van der Waals surface area contributed by atoms with Crippen LogP contribution in [0.25, 0.3) is 4.91 Å². The molecule has 4 heteroatoms. The molecule has 0 N–H and O–H groups in total. The Morgan fingerprint density at radius 1 is 1.50 bits per heavy atom. The molecule has 0 aliphatic carbocycles. The molecule has 1 aromatic rings. The van der Waals surface area contributed by atoms with Gasteiger partial charge in [0.2, 0.25) is 0 Å². The fraction of sp³-hybridized carbons (Fsp3) is 0. The van der Waals surface area contributed by atoms with Crippen LogP contribution in [0, 0.1) is 0 Å². The second-order valence-corrected chi connectivity index (χ2v) is 6.56. The van der Waals surface area contributed by atoms with Crippen LogP contribution in [0.3, 0.4) is 0 Å². The minimum absolute atomic E-state index is 0.876. The van der Waals surface area contributed by atoms with Crippen molar-refractivity contribution in [1.82, 2.24) is 0 Å². The van der Waals surface area contributed by atoms with Gasteiger partial charge in [0.1, 0.15) is 0 Å². The van der Waals surface area contributed by atoms with Crippen LogP contribution in [-0.2, 0) is 0 Å². The molecule has 0 aliphatic rings. The Labute approximate surface area is 94.3 Å². The normalized spacial score (nSPS) is 9.83. The predicted octanol–water partition coefficient (Wildman–Crippen LogP) is 4.61. The van der Waals surface area contributed by atoms with Crippen molar-refractivity contribution >= 4 is 56.6 Å². The molecule has 0 bridgehead atoms. The Morgan fingerprint density at radius 3 is 2.58 bits per heavy atom. The Balaban J connectivity index is 2.72. The molecule has 0 fully saturated rings. The predicted molar refractivity (Wildman–Crippen MR) is 66.3 cm³/mol. The molecule has 1 rings (SSSR count). The summed E-state index contributed by atoms with van der Waals surface area (Å²) in [4.78, 5) is 2.15. The highest BCUT2D eigenvalue weighted by molar-refractivity contribution is 9.14. The number of rotatable bonds is 3. The minimum atomic E-state index is 0.876. The van der Waals surface area contributed by atoms with E-state index >= 15 is 0 Å². The first-order chi connectivity index (χ1) is 5.59. The average molecular weight is 279 g/mol. The lowest BCUT2D eigenvalue weighted by atomic mass is 10.5. The molecule has 0 aliphatic heterocycles. The van der Waals surface area contributed by atoms with Crippen LogP contribution in [0.4, 0.5) is 0 Å². The highest BCUT2D eigenvalue weighted by Crippen LogP contribution is 2.37. The number of hydrogen-bond donors (Lipinski definition) is 1. The highest BCUT2D eigenvalue weighted by atomic mass is 79.9. The smallest absolute Gasteiger partial charge is 0.0574 e. The van der Waals surface area contributed by atoms with Crippen LogP contribution in [0.15, 0.2) is 33.3 Å². The zero-order valence-electron chi connectivity index (χ0n) is 6.21. The molecule has 0 spiro atoms. The van der Waals surface area contributed by atoms with E-state index in [4.69, 9.17) is 0 Å². The van der Waals surface area contributed by atoms with E-state index in [1.165, 1.54) is 11.8 Å². The van der Waals surface area contributed by atoms with Gasteiger partial charge in [0.05, 0.1) is 4.21 Å². The molecule has 64 valence electrons. The summed E-state index contributed by atoms with van der Waals surface area (Å²) < 4.78 is 1.88. The number of thiophene rings is 1. The molecular weight excluding hydrogens is 272 g/mol. The summed E-state index contributed by atoms with van der Waals surface area (Å²) in [6, 6.07) is 3.98. The van der Waals surface area contributed by atoms with E-state index in [-0.39, 0.29) is 0 Å². The molecule has 0 saturated heterocycles. The van der Waals surface area contributed by atoms with Crippen LogP contribution in [0.5, 0.6) is 0 Å². The lowest BCUT2D eigenvalue weighted by Gasteiger charge is -1.98. The van der Waals surface area contributed by atoms with E-state index in [1.807, 2.05) is 12.1 Å². The van der Waals surface area contributed by atoms with Crippen molar-refractivity contribution < 1.29 is 0 Å². The van der Waals surface area contributed by atoms with Gasteiger partial charge in [0, 0.05) is 13.6 Å². The van der Waals surface area contributed by atoms with Gasteiger partial charge in [-0.15, -0.1) is 24.0 Å². The molecule has 12 heavy (non-hydrogen) atoms. The van der Waals surface area contributed by atoms with Crippen molar-refractivity contribution in [2.45, 2.75) is 4.21 Å². The van der Waals surface area contributed by atoms with Gasteiger partial charge in [-0.1, -0.05) is 24.9 Å². The monoisotopic (exact) mass is 278 g/mol. The molecule has 0 saturated carbocycles. The van der Waals surface area contributed by atoms with E-state index in [1.54, 1.807) is 11.3 Å². The Hall–Kier alpha value is 0.360. The Morgan fingerprint density at radius 2 is 2.17 bits per heavy atom. The van der Waals surface area contributed by atoms with Crippen LogP contribution >= 0.6 is 51.7 Å². The Kier molecular flexibility index (Phi) is 3.96. The summed E-state index contributed by atoms with van der Waals surface area (Å²) in [5, 5.41) is 0. The van der Waals surface area contributed by atoms with Crippen molar-refractivity contribution in [3.63, 3.8) is 0 Å². The topological polar surface area (TPSA) is 0 Å². The molecule has 0 unspecified atom stereocenters. The number of thiol groups is 1. The average Bonchev–Trinajstić information content (AvgIpc) is 2.34. The van der Waals surface area contributed by atoms with Crippen LogP contribution in [-0.4, -0.2) is 0 Å². The van der Waals surface area contributed by atoms with Crippen LogP contribution < -0.4 is 0 Å². The number of hydrogen-bond acceptors (Lipinski definition) is 3. The third kappa shape index (κ3) is 3.01. The lowest BCUT2D eigenvalue weighted by Crippen LogP contribution is -1.66. The van der Waals surface area contributed by atoms with Crippen molar-refractivity contribution in [1.29, 1.82) is 0 Å². The van der Waals surface area contributed by atoms with Gasteiger partial charge in [0.15, 0.2) is 0 Å². The van der Waals surface area contributed by atoms with Gasteiger partial charge in [-0.2, -0.15) is 0 Å². The Bertz CT molecular complexity index is 314. The van der Waals surface area contributed by atoms with Gasteiger partial charge in [0.25, 0.3) is 0 Å². The molecule has 1 heterocycles. The van der Waals surface area contributed by atoms with Gasteiger partial charge >= 0.3 is 0 Å². The largest absolute Gasteiger partial charge is 0.133 e. The first-order valence-corrected chi connectivity index (χ1v) is 5.97. The van der Waals surface area contributed by atoms with Crippen molar-refractivity contribution in [2.75, 3.05) is 0 Å². The molecule has 1 aromatic heterocycles. The van der Waals surface area contributed by atoms with E-state index in [9.17, 15) is 0 Å². The summed E-state index contributed by atoms with van der Waals surface area (Å²) in [6.07, 6.45) is 0. The van der Waals surface area contributed by atoms with Gasteiger partial charge in [-0.05, 0) is 28.1 Å². The maximum Gasteiger partial charge on any atom is 0.0574 e. The van der Waals surface area contributed by atoms with E-state index < -0.39 is 0 Å². The second-order valence-electron chi connectivity index (χ2n) is 2.02. The zero-order chi connectivity index (χ0) is 9.14. The zero-order valence-corrected chi connectivity index (χ0v) is 10.3. The number of thioether (sulfide) groups is 1. The van der Waals surface area contributed by atoms with Crippen molar-refractivity contribution in [3.05, 3.63) is 34.0 Å². The molecule has 0 atom stereocenters. The van der Waals surface area contributed by atoms with E-state index in [2.05, 4.69) is 41.7 Å². The molecular formula is C8H7BrS3. The summed E-state index contributed by atoms with van der Waals surface area (Å²) in [6.45, 7) is 7.66. The summed E-state index contributed by atoms with van der Waals surface area (Å²) in [7, 11) is 0. The first kappa shape index (κ1) is 10.4. The van der Waals surface area contributed by atoms with Crippen LogP contribution in [0.1, 0.15) is 4.88 Å². The summed E-state index contributed by atoms with van der Waals surface area (Å²) >= 11 is 10.6. The van der Waals surface area contributed by atoms with Crippen LogP contribution in [0.2, 0.25) is 0 Å². The SMILES string of the molecule is C=C(Br)SC(=C)c1ccc(S)s1. The summed E-state index contributed by atoms with van der Waals surface area (Å²) in [5.41, 5.74) is 0. The minimum Gasteiger partial charge on any atom is -0.133 e. The standard InChI is InChI=1S/C8H7BrS3/c1-5(11-6(2)9)7-3-4-8(10)12-7/h3-4,10H,1-2H2. The third-order valence-corrected chi connectivity index (χ3v) is 3.77. The quantitative estimate of drug-likeness (QED) is 0.788. The first-order valence-electron chi connectivity index (χ1n) is 3.10. The fourth-order valence-corrected chi connectivity index (χ4v) is 2.91. The lowest BCUT2D eigenvalue weighted by molar-refractivity contribution is 1.76. The number of halogens is 1. The van der Waals surface area contributed by atoms with Crippen molar-refractivity contribution in [3.8, 4) is 0 Å². The molecule has 0 radical (unpaired) electrons. The third-order valence-electron chi connectivity index (χ3n) is 1.10. The maximum absolute atomic E-state index is 4.22. The van der Waals surface area contributed by atoms with Gasteiger partial charge in [-0.25, -0.2) is 0 Å². The van der Waals surface area contributed by atoms with Gasteiger partial charge in [-0.3, -0.25) is 0 Å². The molecule has 0 amide bonds. The van der Waals surface area contributed by atoms with E-state index in [0.29, 0.717) is 0 Å². The summed E-state index contributed by atoms with van der Waals surface area (Å²) in [5.74, 6) is 0. The molecule has 0 aromatic carbocycles.